The van der Waals surface area contributed by atoms with Gasteiger partial charge in [-0.15, -0.1) is 0 Å². The molecule has 5 heteroatoms. The average molecular weight is 293 g/mol. The van der Waals surface area contributed by atoms with Gasteiger partial charge in [0, 0.05) is 23.6 Å². The van der Waals surface area contributed by atoms with E-state index in [0.29, 0.717) is 16.7 Å². The lowest BCUT2D eigenvalue weighted by Gasteiger charge is -2.11. The topological polar surface area (TPSA) is 44.2 Å². The Bertz CT molecular complexity index is 607. The van der Waals surface area contributed by atoms with Crippen molar-refractivity contribution in [1.29, 1.82) is 0 Å². The summed E-state index contributed by atoms with van der Waals surface area (Å²) in [4.78, 5) is 8.82. The number of halogens is 1. The maximum absolute atomic E-state index is 6.18. The molecular formula is C15H17ClN2O2. The maximum Gasteiger partial charge on any atom is 0.136 e. The third kappa shape index (κ3) is 2.85. The number of ether oxygens (including phenoxy) is 2. The Morgan fingerprint density at radius 3 is 2.15 bits per heavy atom. The van der Waals surface area contributed by atoms with Crippen LogP contribution in [0.4, 0.5) is 0 Å². The number of aromatic nitrogens is 2. The Morgan fingerprint density at radius 1 is 1.05 bits per heavy atom. The van der Waals surface area contributed by atoms with E-state index in [0.717, 1.165) is 29.1 Å². The van der Waals surface area contributed by atoms with E-state index >= 15 is 0 Å². The van der Waals surface area contributed by atoms with Crippen LogP contribution in [0.5, 0.6) is 11.5 Å². The van der Waals surface area contributed by atoms with Gasteiger partial charge in [0.1, 0.15) is 22.5 Å². The van der Waals surface area contributed by atoms with E-state index in [9.17, 15) is 0 Å². The third-order valence-electron chi connectivity index (χ3n) is 3.07. The normalized spacial score (nSPS) is 10.4. The Labute approximate surface area is 123 Å². The Morgan fingerprint density at radius 2 is 1.65 bits per heavy atom. The molecule has 2 rings (SSSR count). The van der Waals surface area contributed by atoms with Gasteiger partial charge in [-0.3, -0.25) is 0 Å². The molecule has 0 bridgehead atoms. The van der Waals surface area contributed by atoms with Crippen molar-refractivity contribution in [3.63, 3.8) is 0 Å². The molecule has 0 N–H and O–H groups in total. The molecule has 0 amide bonds. The van der Waals surface area contributed by atoms with Crippen molar-refractivity contribution in [2.75, 3.05) is 14.2 Å². The van der Waals surface area contributed by atoms with E-state index in [1.807, 2.05) is 32.0 Å². The van der Waals surface area contributed by atoms with Crippen LogP contribution in [-0.4, -0.2) is 24.2 Å². The molecule has 0 aliphatic carbocycles. The van der Waals surface area contributed by atoms with Crippen molar-refractivity contribution in [1.82, 2.24) is 9.97 Å². The molecule has 0 saturated heterocycles. The number of aryl methyl sites for hydroxylation is 1. The lowest BCUT2D eigenvalue weighted by Crippen LogP contribution is -2.00. The molecule has 0 spiro atoms. The van der Waals surface area contributed by atoms with Crippen LogP contribution < -0.4 is 9.47 Å². The number of rotatable bonds is 4. The molecular weight excluding hydrogens is 276 g/mol. The second-order valence-electron chi connectivity index (χ2n) is 4.36. The van der Waals surface area contributed by atoms with E-state index in [2.05, 4.69) is 9.97 Å². The largest absolute Gasteiger partial charge is 0.497 e. The summed E-state index contributed by atoms with van der Waals surface area (Å²) in [7, 11) is 3.24. The second kappa shape index (κ2) is 6.09. The van der Waals surface area contributed by atoms with Gasteiger partial charge >= 0.3 is 0 Å². The molecule has 20 heavy (non-hydrogen) atoms. The molecule has 4 nitrogen and oxygen atoms in total. The number of hydrogen-bond donors (Lipinski definition) is 0. The standard InChI is InChI=1S/C15H17ClN2O2/c1-5-13-17-14(9(2)15(16)18-13)10-6-11(19-3)8-12(7-10)20-4/h6-8H,5H2,1-4H3. The van der Waals surface area contributed by atoms with Crippen molar-refractivity contribution in [3.05, 3.63) is 34.7 Å². The molecule has 1 aromatic heterocycles. The fourth-order valence-electron chi connectivity index (χ4n) is 1.92. The van der Waals surface area contributed by atoms with E-state index in [4.69, 9.17) is 21.1 Å². The summed E-state index contributed by atoms with van der Waals surface area (Å²) in [5.74, 6) is 2.15. The number of benzene rings is 1. The molecule has 0 radical (unpaired) electrons. The molecule has 0 aliphatic heterocycles. The van der Waals surface area contributed by atoms with Crippen LogP contribution >= 0.6 is 11.6 Å². The summed E-state index contributed by atoms with van der Waals surface area (Å²) >= 11 is 6.18. The summed E-state index contributed by atoms with van der Waals surface area (Å²) in [6.45, 7) is 3.90. The number of hydrogen-bond acceptors (Lipinski definition) is 4. The summed E-state index contributed by atoms with van der Waals surface area (Å²) in [6, 6.07) is 5.64. The summed E-state index contributed by atoms with van der Waals surface area (Å²) < 4.78 is 10.6. The molecule has 1 heterocycles. The van der Waals surface area contributed by atoms with E-state index in [1.54, 1.807) is 14.2 Å². The first kappa shape index (κ1) is 14.6. The van der Waals surface area contributed by atoms with E-state index in [-0.39, 0.29) is 0 Å². The van der Waals surface area contributed by atoms with Crippen LogP contribution in [0.3, 0.4) is 0 Å². The first-order chi connectivity index (χ1) is 9.58. The summed E-state index contributed by atoms with van der Waals surface area (Å²) in [6.07, 6.45) is 0.730. The predicted octanol–water partition coefficient (Wildman–Crippen LogP) is 3.69. The Hall–Kier alpha value is -1.81. The Kier molecular flexibility index (Phi) is 4.45. The van der Waals surface area contributed by atoms with Crippen molar-refractivity contribution >= 4 is 11.6 Å². The highest BCUT2D eigenvalue weighted by molar-refractivity contribution is 6.30. The van der Waals surface area contributed by atoms with Crippen molar-refractivity contribution in [2.45, 2.75) is 20.3 Å². The van der Waals surface area contributed by atoms with Gasteiger partial charge in [0.15, 0.2) is 0 Å². The lowest BCUT2D eigenvalue weighted by molar-refractivity contribution is 0.394. The molecule has 1 aromatic carbocycles. The van der Waals surface area contributed by atoms with Gasteiger partial charge in [0.05, 0.1) is 19.9 Å². The van der Waals surface area contributed by atoms with Gasteiger partial charge in [-0.05, 0) is 19.1 Å². The first-order valence-corrected chi connectivity index (χ1v) is 6.73. The molecule has 0 atom stereocenters. The minimum atomic E-state index is 0.480. The second-order valence-corrected chi connectivity index (χ2v) is 4.72. The zero-order valence-electron chi connectivity index (χ0n) is 12.0. The first-order valence-electron chi connectivity index (χ1n) is 6.35. The highest BCUT2D eigenvalue weighted by Gasteiger charge is 2.13. The van der Waals surface area contributed by atoms with Gasteiger partial charge in [0.25, 0.3) is 0 Å². The van der Waals surface area contributed by atoms with Gasteiger partial charge < -0.3 is 9.47 Å². The molecule has 2 aromatic rings. The van der Waals surface area contributed by atoms with Crippen LogP contribution in [0.25, 0.3) is 11.3 Å². The van der Waals surface area contributed by atoms with E-state index < -0.39 is 0 Å². The minimum Gasteiger partial charge on any atom is -0.497 e. The van der Waals surface area contributed by atoms with Crippen molar-refractivity contribution in [2.24, 2.45) is 0 Å². The predicted molar refractivity (Wildman–Crippen MR) is 79.7 cm³/mol. The summed E-state index contributed by atoms with van der Waals surface area (Å²) in [5, 5.41) is 0.480. The minimum absolute atomic E-state index is 0.480. The monoisotopic (exact) mass is 292 g/mol. The SMILES string of the molecule is CCc1nc(Cl)c(C)c(-c2cc(OC)cc(OC)c2)n1. The van der Waals surface area contributed by atoms with Crippen LogP contribution in [0.1, 0.15) is 18.3 Å². The van der Waals surface area contributed by atoms with Gasteiger partial charge in [-0.1, -0.05) is 18.5 Å². The number of methoxy groups -OCH3 is 2. The lowest BCUT2D eigenvalue weighted by atomic mass is 10.1. The Balaban J connectivity index is 2.63. The van der Waals surface area contributed by atoms with Crippen molar-refractivity contribution < 1.29 is 9.47 Å². The number of nitrogens with zero attached hydrogens (tertiary/aromatic N) is 2. The zero-order valence-corrected chi connectivity index (χ0v) is 12.8. The summed E-state index contributed by atoms with van der Waals surface area (Å²) in [5.41, 5.74) is 2.55. The maximum atomic E-state index is 6.18. The average Bonchev–Trinajstić information content (AvgIpc) is 2.49. The fraction of sp³-hybridized carbons (Fsp3) is 0.333. The van der Waals surface area contributed by atoms with Gasteiger partial charge in [-0.2, -0.15) is 0 Å². The molecule has 0 saturated carbocycles. The highest BCUT2D eigenvalue weighted by atomic mass is 35.5. The van der Waals surface area contributed by atoms with E-state index in [1.165, 1.54) is 0 Å². The van der Waals surface area contributed by atoms with Gasteiger partial charge in [-0.25, -0.2) is 9.97 Å². The van der Waals surface area contributed by atoms with Crippen LogP contribution in [-0.2, 0) is 6.42 Å². The zero-order chi connectivity index (χ0) is 14.7. The quantitative estimate of drug-likeness (QED) is 0.806. The van der Waals surface area contributed by atoms with Crippen LogP contribution in [0.15, 0.2) is 18.2 Å². The smallest absolute Gasteiger partial charge is 0.136 e. The molecule has 106 valence electrons. The van der Waals surface area contributed by atoms with Gasteiger partial charge in [0.2, 0.25) is 0 Å². The molecule has 0 fully saturated rings. The third-order valence-corrected chi connectivity index (χ3v) is 3.44. The van der Waals surface area contributed by atoms with Crippen LogP contribution in [0.2, 0.25) is 5.15 Å². The molecule has 0 aliphatic rings. The molecule has 0 unspecified atom stereocenters. The van der Waals surface area contributed by atoms with Crippen LogP contribution in [0, 0.1) is 6.92 Å². The highest BCUT2D eigenvalue weighted by Crippen LogP contribution is 2.32. The van der Waals surface area contributed by atoms with Crippen molar-refractivity contribution in [3.8, 4) is 22.8 Å². The fourth-order valence-corrected chi connectivity index (χ4v) is 2.10.